The van der Waals surface area contributed by atoms with E-state index in [4.69, 9.17) is 9.84 Å². The Labute approximate surface area is 175 Å². The first-order valence-electron chi connectivity index (χ1n) is 10.0. The van der Waals surface area contributed by atoms with Crippen LogP contribution in [0, 0.1) is 5.92 Å². The van der Waals surface area contributed by atoms with Crippen LogP contribution in [0.25, 0.3) is 11.1 Å². The molecule has 0 spiro atoms. The van der Waals surface area contributed by atoms with Gasteiger partial charge in [-0.2, -0.15) is 0 Å². The summed E-state index contributed by atoms with van der Waals surface area (Å²) >= 11 is 0. The summed E-state index contributed by atoms with van der Waals surface area (Å²) in [7, 11) is 0. The van der Waals surface area contributed by atoms with Crippen LogP contribution >= 0.6 is 0 Å². The predicted octanol–water partition coefficient (Wildman–Crippen LogP) is 3.14. The van der Waals surface area contributed by atoms with Crippen molar-refractivity contribution < 1.29 is 24.2 Å². The van der Waals surface area contributed by atoms with Crippen LogP contribution < -0.4 is 10.6 Å². The maximum absolute atomic E-state index is 12.5. The highest BCUT2D eigenvalue weighted by molar-refractivity contribution is 5.88. The second-order valence-corrected chi connectivity index (χ2v) is 7.44. The van der Waals surface area contributed by atoms with Gasteiger partial charge in [0.25, 0.3) is 0 Å². The minimum atomic E-state index is -1.15. The van der Waals surface area contributed by atoms with Crippen molar-refractivity contribution in [3.8, 4) is 11.1 Å². The van der Waals surface area contributed by atoms with E-state index in [1.54, 1.807) is 0 Å². The Morgan fingerprint density at radius 2 is 1.60 bits per heavy atom. The van der Waals surface area contributed by atoms with E-state index in [0.717, 1.165) is 22.3 Å². The molecule has 1 aliphatic carbocycles. The number of rotatable bonds is 8. The molecule has 7 nitrogen and oxygen atoms in total. The normalized spacial score (nSPS) is 14.2. The Hall–Kier alpha value is -3.35. The van der Waals surface area contributed by atoms with Gasteiger partial charge in [-0.05, 0) is 28.2 Å². The number of aliphatic carboxylic acids is 1. The molecule has 0 saturated heterocycles. The van der Waals surface area contributed by atoms with Crippen molar-refractivity contribution in [2.75, 3.05) is 13.2 Å². The lowest BCUT2D eigenvalue weighted by Gasteiger charge is -2.23. The second kappa shape index (κ2) is 9.43. The summed E-state index contributed by atoms with van der Waals surface area (Å²) in [5.74, 6) is -1.95. The van der Waals surface area contributed by atoms with Crippen molar-refractivity contribution >= 4 is 18.0 Å². The molecule has 1 aliphatic rings. The standard InChI is InChI=1S/C23H26N2O5/c1-3-14(2)21(22(28)24-12-20(26)27)25-23(29)30-13-19-17-10-6-4-8-15(17)16-9-5-7-11-18(16)19/h4-11,14,19,21H,3,12-13H2,1-2H3,(H,24,28)(H,25,29)(H,26,27). The third kappa shape index (κ3) is 4.62. The Morgan fingerprint density at radius 3 is 2.13 bits per heavy atom. The molecule has 2 aromatic rings. The summed E-state index contributed by atoms with van der Waals surface area (Å²) in [4.78, 5) is 35.5. The quantitative estimate of drug-likeness (QED) is 0.620. The molecule has 30 heavy (non-hydrogen) atoms. The monoisotopic (exact) mass is 410 g/mol. The molecule has 158 valence electrons. The van der Waals surface area contributed by atoms with Crippen LogP contribution in [0.2, 0.25) is 0 Å². The van der Waals surface area contributed by atoms with E-state index in [0.29, 0.717) is 6.42 Å². The van der Waals surface area contributed by atoms with Gasteiger partial charge in [-0.25, -0.2) is 4.79 Å². The van der Waals surface area contributed by atoms with E-state index in [9.17, 15) is 14.4 Å². The molecule has 3 rings (SSSR count). The number of carboxylic acids is 1. The van der Waals surface area contributed by atoms with E-state index < -0.39 is 30.6 Å². The van der Waals surface area contributed by atoms with Crippen molar-refractivity contribution in [1.82, 2.24) is 10.6 Å². The Balaban J connectivity index is 1.67. The van der Waals surface area contributed by atoms with Gasteiger partial charge in [-0.15, -0.1) is 0 Å². The summed E-state index contributed by atoms with van der Waals surface area (Å²) in [5.41, 5.74) is 4.47. The molecule has 0 radical (unpaired) electrons. The average molecular weight is 410 g/mol. The largest absolute Gasteiger partial charge is 0.480 e. The minimum absolute atomic E-state index is 0.0777. The number of hydrogen-bond acceptors (Lipinski definition) is 4. The number of ether oxygens (including phenoxy) is 1. The van der Waals surface area contributed by atoms with Gasteiger partial charge in [0.15, 0.2) is 0 Å². The molecule has 0 fully saturated rings. The number of hydrogen-bond donors (Lipinski definition) is 3. The van der Waals surface area contributed by atoms with Gasteiger partial charge in [-0.3, -0.25) is 9.59 Å². The maximum atomic E-state index is 12.5. The Kier molecular flexibility index (Phi) is 6.72. The van der Waals surface area contributed by atoms with Crippen molar-refractivity contribution in [2.45, 2.75) is 32.2 Å². The number of benzene rings is 2. The van der Waals surface area contributed by atoms with Crippen LogP contribution in [-0.2, 0) is 14.3 Å². The Morgan fingerprint density at radius 1 is 1.03 bits per heavy atom. The lowest BCUT2D eigenvalue weighted by atomic mass is 9.98. The highest BCUT2D eigenvalue weighted by atomic mass is 16.5. The molecule has 0 heterocycles. The fourth-order valence-electron chi connectivity index (χ4n) is 3.74. The summed E-state index contributed by atoms with van der Waals surface area (Å²) < 4.78 is 5.49. The molecule has 7 heteroatoms. The van der Waals surface area contributed by atoms with Gasteiger partial charge in [0.2, 0.25) is 5.91 Å². The van der Waals surface area contributed by atoms with E-state index in [2.05, 4.69) is 22.8 Å². The highest BCUT2D eigenvalue weighted by Gasteiger charge is 2.30. The van der Waals surface area contributed by atoms with Crippen LogP contribution in [0.3, 0.4) is 0 Å². The number of carbonyl (C=O) groups is 3. The lowest BCUT2D eigenvalue weighted by molar-refractivity contribution is -0.138. The second-order valence-electron chi connectivity index (χ2n) is 7.44. The van der Waals surface area contributed by atoms with E-state index in [1.807, 2.05) is 50.2 Å². The van der Waals surface area contributed by atoms with Crippen LogP contribution in [-0.4, -0.2) is 42.3 Å². The van der Waals surface area contributed by atoms with Crippen molar-refractivity contribution in [3.05, 3.63) is 59.7 Å². The molecule has 2 atom stereocenters. The fourth-order valence-corrected chi connectivity index (χ4v) is 3.74. The predicted molar refractivity (Wildman–Crippen MR) is 112 cm³/mol. The zero-order chi connectivity index (χ0) is 21.7. The summed E-state index contributed by atoms with van der Waals surface area (Å²) in [6.45, 7) is 3.35. The third-order valence-electron chi connectivity index (χ3n) is 5.53. The van der Waals surface area contributed by atoms with E-state index in [-0.39, 0.29) is 18.4 Å². The number of nitrogens with one attached hydrogen (secondary N) is 2. The topological polar surface area (TPSA) is 105 Å². The first kappa shape index (κ1) is 21.4. The molecule has 2 unspecified atom stereocenters. The highest BCUT2D eigenvalue weighted by Crippen LogP contribution is 2.44. The molecule has 0 aromatic heterocycles. The summed E-state index contributed by atoms with van der Waals surface area (Å²) in [6.07, 6.45) is -0.0675. The molecule has 0 bridgehead atoms. The molecule has 2 amide bonds. The number of carboxylic acid groups (broad SMARTS) is 1. The summed E-state index contributed by atoms with van der Waals surface area (Å²) in [6, 6.07) is 15.2. The third-order valence-corrected chi connectivity index (χ3v) is 5.53. The SMILES string of the molecule is CCC(C)C(NC(=O)OCC1c2ccccc2-c2ccccc21)C(=O)NCC(=O)O. The number of alkyl carbamates (subject to hydrolysis) is 1. The van der Waals surface area contributed by atoms with Gasteiger partial charge >= 0.3 is 12.1 Å². The van der Waals surface area contributed by atoms with Crippen molar-refractivity contribution in [2.24, 2.45) is 5.92 Å². The van der Waals surface area contributed by atoms with Crippen LogP contribution in [0.5, 0.6) is 0 Å². The molecule has 0 saturated carbocycles. The fraction of sp³-hybridized carbons (Fsp3) is 0.348. The van der Waals surface area contributed by atoms with Gasteiger partial charge in [0, 0.05) is 5.92 Å². The van der Waals surface area contributed by atoms with Crippen LogP contribution in [0.1, 0.15) is 37.3 Å². The van der Waals surface area contributed by atoms with Crippen molar-refractivity contribution in [1.29, 1.82) is 0 Å². The zero-order valence-corrected chi connectivity index (χ0v) is 17.1. The smallest absolute Gasteiger partial charge is 0.407 e. The molecule has 0 aliphatic heterocycles. The number of amides is 2. The van der Waals surface area contributed by atoms with Gasteiger partial charge in [0.1, 0.15) is 19.2 Å². The van der Waals surface area contributed by atoms with E-state index in [1.165, 1.54) is 0 Å². The molecule has 3 N–H and O–H groups in total. The molecule has 2 aromatic carbocycles. The van der Waals surface area contributed by atoms with Gasteiger partial charge in [0.05, 0.1) is 0 Å². The molecular weight excluding hydrogens is 384 g/mol. The van der Waals surface area contributed by atoms with E-state index >= 15 is 0 Å². The number of fused-ring (bicyclic) bond motifs is 3. The first-order valence-corrected chi connectivity index (χ1v) is 10.0. The maximum Gasteiger partial charge on any atom is 0.407 e. The van der Waals surface area contributed by atoms with Crippen molar-refractivity contribution in [3.63, 3.8) is 0 Å². The van der Waals surface area contributed by atoms with Gasteiger partial charge in [-0.1, -0.05) is 68.8 Å². The van der Waals surface area contributed by atoms with Gasteiger partial charge < -0.3 is 20.5 Å². The van der Waals surface area contributed by atoms with Crippen LogP contribution in [0.4, 0.5) is 4.79 Å². The number of carbonyl (C=O) groups excluding carboxylic acids is 2. The Bertz CT molecular complexity index is 897. The minimum Gasteiger partial charge on any atom is -0.480 e. The van der Waals surface area contributed by atoms with Crippen LogP contribution in [0.15, 0.2) is 48.5 Å². The first-order chi connectivity index (χ1) is 14.4. The lowest BCUT2D eigenvalue weighted by Crippen LogP contribution is -2.51. The molecular formula is C23H26N2O5. The summed E-state index contributed by atoms with van der Waals surface area (Å²) in [5, 5.41) is 13.7. The average Bonchev–Trinajstić information content (AvgIpc) is 3.07. The zero-order valence-electron chi connectivity index (χ0n) is 17.1.